The Morgan fingerprint density at radius 1 is 1.21 bits per heavy atom. The van der Waals surface area contributed by atoms with Crippen molar-refractivity contribution in [2.24, 2.45) is 5.10 Å². The summed E-state index contributed by atoms with van der Waals surface area (Å²) in [6, 6.07) is 12.9. The zero-order valence-electron chi connectivity index (χ0n) is 12.2. The zero-order chi connectivity index (χ0) is 17.1. The molecule has 0 fully saturated rings. The summed E-state index contributed by atoms with van der Waals surface area (Å²) in [5, 5.41) is 25.7. The van der Waals surface area contributed by atoms with Gasteiger partial charge in [0.15, 0.2) is 5.76 Å². The maximum Gasteiger partial charge on any atom is 0.433 e. The number of benzene rings is 2. The summed E-state index contributed by atoms with van der Waals surface area (Å²) in [5.74, 6) is -1.09. The van der Waals surface area contributed by atoms with Crippen LogP contribution >= 0.6 is 0 Å². The number of nitro groups is 1. The second-order valence-electron chi connectivity index (χ2n) is 4.85. The molecule has 8 heteroatoms. The molecule has 0 aliphatic carbocycles. The highest BCUT2D eigenvalue weighted by Crippen LogP contribution is 2.24. The number of amides is 1. The highest BCUT2D eigenvalue weighted by atomic mass is 16.6. The number of rotatable bonds is 4. The molecule has 1 aromatic heterocycles. The summed E-state index contributed by atoms with van der Waals surface area (Å²) in [7, 11) is 0. The third-order valence-corrected chi connectivity index (χ3v) is 3.26. The van der Waals surface area contributed by atoms with E-state index in [-0.39, 0.29) is 17.1 Å². The number of phenols is 1. The molecule has 0 aliphatic rings. The standard InChI is InChI=1S/C16H11N3O5/c20-14-8-11-4-2-1-3-10(11)7-13(14)16(21)18-17-9-12-5-6-15(24-12)19(22)23/h1-9,20H,(H,18,21)/b17-9+. The van der Waals surface area contributed by atoms with E-state index in [1.165, 1.54) is 18.2 Å². The van der Waals surface area contributed by atoms with Crippen molar-refractivity contribution >= 4 is 28.8 Å². The Morgan fingerprint density at radius 3 is 2.58 bits per heavy atom. The molecule has 0 spiro atoms. The first-order valence-corrected chi connectivity index (χ1v) is 6.84. The van der Waals surface area contributed by atoms with Crippen LogP contribution in [0.15, 0.2) is 58.0 Å². The number of nitrogens with zero attached hydrogens (tertiary/aromatic N) is 2. The van der Waals surface area contributed by atoms with Gasteiger partial charge < -0.3 is 9.52 Å². The summed E-state index contributed by atoms with van der Waals surface area (Å²) in [5.41, 5.74) is 2.30. The molecule has 0 saturated heterocycles. The van der Waals surface area contributed by atoms with Gasteiger partial charge in [0.25, 0.3) is 5.91 Å². The largest absolute Gasteiger partial charge is 0.507 e. The number of nitrogens with one attached hydrogen (secondary N) is 1. The van der Waals surface area contributed by atoms with Crippen LogP contribution in [0.5, 0.6) is 5.75 Å². The van der Waals surface area contributed by atoms with E-state index >= 15 is 0 Å². The molecule has 0 bridgehead atoms. The average Bonchev–Trinajstić information content (AvgIpc) is 3.03. The van der Waals surface area contributed by atoms with Crippen LogP contribution in [0.1, 0.15) is 16.1 Å². The SMILES string of the molecule is O=C(N/N=C/c1ccc([N+](=O)[O-])o1)c1cc2ccccc2cc1O. The highest BCUT2D eigenvalue weighted by Gasteiger charge is 2.13. The molecule has 2 aromatic carbocycles. The average molecular weight is 325 g/mol. The molecule has 24 heavy (non-hydrogen) atoms. The Bertz CT molecular complexity index is 961. The minimum atomic E-state index is -0.678. The number of fused-ring (bicyclic) bond motifs is 1. The lowest BCUT2D eigenvalue weighted by Gasteiger charge is -2.05. The molecular formula is C16H11N3O5. The van der Waals surface area contributed by atoms with Crippen LogP contribution in [0.3, 0.4) is 0 Å². The summed E-state index contributed by atoms with van der Waals surface area (Å²) >= 11 is 0. The first kappa shape index (κ1) is 15.2. The number of phenolic OH excluding ortho intramolecular Hbond substituents is 1. The van der Waals surface area contributed by atoms with Crippen LogP contribution in [0.4, 0.5) is 5.88 Å². The van der Waals surface area contributed by atoms with E-state index in [1.807, 2.05) is 24.3 Å². The van der Waals surface area contributed by atoms with Crippen molar-refractivity contribution < 1.29 is 19.2 Å². The molecule has 0 atom stereocenters. The molecule has 1 heterocycles. The molecular weight excluding hydrogens is 314 g/mol. The van der Waals surface area contributed by atoms with Crippen molar-refractivity contribution in [2.75, 3.05) is 0 Å². The number of hydrazone groups is 1. The fraction of sp³-hybridized carbons (Fsp3) is 0. The van der Waals surface area contributed by atoms with Gasteiger partial charge in [0, 0.05) is 0 Å². The molecule has 0 radical (unpaired) electrons. The van der Waals surface area contributed by atoms with Gasteiger partial charge in [-0.25, -0.2) is 5.43 Å². The number of hydrogen-bond donors (Lipinski definition) is 2. The van der Waals surface area contributed by atoms with Gasteiger partial charge in [-0.15, -0.1) is 0 Å². The number of hydrogen-bond acceptors (Lipinski definition) is 6. The van der Waals surface area contributed by atoms with Crippen molar-refractivity contribution in [3.8, 4) is 5.75 Å². The molecule has 0 unspecified atom stereocenters. The van der Waals surface area contributed by atoms with Crippen LogP contribution in [0.2, 0.25) is 0 Å². The number of carbonyl (C=O) groups is 1. The van der Waals surface area contributed by atoms with Crippen LogP contribution in [0, 0.1) is 10.1 Å². The van der Waals surface area contributed by atoms with Gasteiger partial charge in [0.1, 0.15) is 10.7 Å². The molecule has 3 rings (SSSR count). The second-order valence-corrected chi connectivity index (χ2v) is 4.85. The summed E-state index contributed by atoms with van der Waals surface area (Å²) in [6.07, 6.45) is 1.13. The van der Waals surface area contributed by atoms with Crippen LogP contribution < -0.4 is 5.43 Å². The molecule has 8 nitrogen and oxygen atoms in total. The molecule has 0 aliphatic heterocycles. The number of aromatic hydroxyl groups is 1. The minimum absolute atomic E-state index is 0.0660. The van der Waals surface area contributed by atoms with Crippen LogP contribution in [-0.2, 0) is 0 Å². The summed E-state index contributed by atoms with van der Waals surface area (Å²) in [6.45, 7) is 0. The van der Waals surface area contributed by atoms with Gasteiger partial charge in [-0.3, -0.25) is 14.9 Å². The summed E-state index contributed by atoms with van der Waals surface area (Å²) in [4.78, 5) is 21.9. The fourth-order valence-electron chi connectivity index (χ4n) is 2.13. The first-order chi connectivity index (χ1) is 11.5. The molecule has 2 N–H and O–H groups in total. The van der Waals surface area contributed by atoms with Crippen LogP contribution in [-0.4, -0.2) is 22.2 Å². The lowest BCUT2D eigenvalue weighted by molar-refractivity contribution is -0.402. The van der Waals surface area contributed by atoms with Crippen molar-refractivity contribution in [1.29, 1.82) is 0 Å². The maximum atomic E-state index is 12.1. The normalized spacial score (nSPS) is 11.0. The van der Waals surface area contributed by atoms with E-state index in [1.54, 1.807) is 6.07 Å². The molecule has 3 aromatic rings. The van der Waals surface area contributed by atoms with E-state index < -0.39 is 16.7 Å². The van der Waals surface area contributed by atoms with Crippen molar-refractivity contribution in [3.63, 3.8) is 0 Å². The Balaban J connectivity index is 1.75. The first-order valence-electron chi connectivity index (χ1n) is 6.84. The number of furan rings is 1. The molecule has 120 valence electrons. The third kappa shape index (κ3) is 3.07. The lowest BCUT2D eigenvalue weighted by Crippen LogP contribution is -2.17. The second kappa shape index (κ2) is 6.21. The van der Waals surface area contributed by atoms with Gasteiger partial charge in [0.05, 0.1) is 17.8 Å². The van der Waals surface area contributed by atoms with E-state index in [0.717, 1.165) is 17.0 Å². The van der Waals surface area contributed by atoms with E-state index in [2.05, 4.69) is 10.5 Å². The van der Waals surface area contributed by atoms with E-state index in [9.17, 15) is 20.0 Å². The topological polar surface area (TPSA) is 118 Å². The Hall–Kier alpha value is -3.68. The predicted molar refractivity (Wildman–Crippen MR) is 86.0 cm³/mol. The van der Waals surface area contributed by atoms with E-state index in [0.29, 0.717) is 0 Å². The van der Waals surface area contributed by atoms with E-state index in [4.69, 9.17) is 4.42 Å². The molecule has 0 saturated carbocycles. The monoisotopic (exact) mass is 325 g/mol. The van der Waals surface area contributed by atoms with Crippen molar-refractivity contribution in [2.45, 2.75) is 0 Å². The maximum absolute atomic E-state index is 12.1. The van der Waals surface area contributed by atoms with Crippen LogP contribution in [0.25, 0.3) is 10.8 Å². The van der Waals surface area contributed by atoms with Crippen molar-refractivity contribution in [3.05, 3.63) is 70.0 Å². The van der Waals surface area contributed by atoms with Crippen molar-refractivity contribution in [1.82, 2.24) is 5.43 Å². The smallest absolute Gasteiger partial charge is 0.433 e. The van der Waals surface area contributed by atoms with Gasteiger partial charge in [-0.2, -0.15) is 5.10 Å². The molecule has 1 amide bonds. The fourth-order valence-corrected chi connectivity index (χ4v) is 2.13. The zero-order valence-corrected chi connectivity index (χ0v) is 12.2. The highest BCUT2D eigenvalue weighted by molar-refractivity contribution is 6.01. The Morgan fingerprint density at radius 2 is 1.92 bits per heavy atom. The minimum Gasteiger partial charge on any atom is -0.507 e. The summed E-state index contributed by atoms with van der Waals surface area (Å²) < 4.78 is 4.86. The van der Waals surface area contributed by atoms with Gasteiger partial charge in [-0.05, 0) is 29.0 Å². The quantitative estimate of drug-likeness (QED) is 0.434. The third-order valence-electron chi connectivity index (χ3n) is 3.26. The predicted octanol–water partition coefficient (Wildman–Crippen LogP) is 2.81. The van der Waals surface area contributed by atoms with Gasteiger partial charge in [-0.1, -0.05) is 24.3 Å². The van der Waals surface area contributed by atoms with Gasteiger partial charge in [0.2, 0.25) is 0 Å². The number of carbonyl (C=O) groups excluding carboxylic acids is 1. The Labute approximate surface area is 135 Å². The Kier molecular flexibility index (Phi) is 3.94. The lowest BCUT2D eigenvalue weighted by atomic mass is 10.1. The van der Waals surface area contributed by atoms with Gasteiger partial charge >= 0.3 is 5.88 Å².